The van der Waals surface area contributed by atoms with E-state index in [2.05, 4.69) is 15.4 Å². The summed E-state index contributed by atoms with van der Waals surface area (Å²) >= 11 is 0. The standard InChI is InChI=1S/C25H22F3N5O5/c1-24(2,3)20-13-21(25(26,27)28)32-22(30-20)12-17(31-32)23(34)29-14-9-15(33(35)36)11-16(10-14)38-19-8-6-5-7-18(19)37-4/h5-13H,1-4H3,(H,29,34). The first-order chi connectivity index (χ1) is 17.8. The average Bonchev–Trinajstić information content (AvgIpc) is 3.27. The van der Waals surface area contributed by atoms with Crippen molar-refractivity contribution in [2.75, 3.05) is 12.4 Å². The predicted molar refractivity (Wildman–Crippen MR) is 131 cm³/mol. The Balaban J connectivity index is 1.70. The number of para-hydroxylation sites is 2. The van der Waals surface area contributed by atoms with Crippen LogP contribution in [0.1, 0.15) is 42.6 Å². The molecule has 2 heterocycles. The van der Waals surface area contributed by atoms with Crippen LogP contribution in [-0.4, -0.2) is 32.5 Å². The number of benzene rings is 2. The topological polar surface area (TPSA) is 121 Å². The maximum atomic E-state index is 13.8. The molecule has 0 saturated heterocycles. The Morgan fingerprint density at radius 3 is 2.34 bits per heavy atom. The van der Waals surface area contributed by atoms with E-state index in [0.29, 0.717) is 10.3 Å². The summed E-state index contributed by atoms with van der Waals surface area (Å²) in [5.74, 6) is -0.236. The first kappa shape index (κ1) is 26.4. The van der Waals surface area contributed by atoms with Crippen LogP contribution >= 0.6 is 0 Å². The van der Waals surface area contributed by atoms with Crippen LogP contribution in [0.5, 0.6) is 17.2 Å². The number of aromatic nitrogens is 3. The van der Waals surface area contributed by atoms with Crippen molar-refractivity contribution in [3.05, 3.63) is 81.8 Å². The van der Waals surface area contributed by atoms with Gasteiger partial charge in [0.25, 0.3) is 11.6 Å². The summed E-state index contributed by atoms with van der Waals surface area (Å²) in [5.41, 5.74) is -2.59. The normalized spacial score (nSPS) is 11.9. The Labute approximate surface area is 214 Å². The average molecular weight is 529 g/mol. The number of hydrogen-bond acceptors (Lipinski definition) is 7. The summed E-state index contributed by atoms with van der Waals surface area (Å²) in [6.45, 7) is 5.13. The zero-order chi connectivity index (χ0) is 27.8. The molecule has 1 N–H and O–H groups in total. The first-order valence-electron chi connectivity index (χ1n) is 11.2. The van der Waals surface area contributed by atoms with Gasteiger partial charge < -0.3 is 14.8 Å². The van der Waals surface area contributed by atoms with Gasteiger partial charge in [0, 0.05) is 23.6 Å². The molecule has 198 valence electrons. The fraction of sp³-hybridized carbons (Fsp3) is 0.240. The zero-order valence-corrected chi connectivity index (χ0v) is 20.7. The van der Waals surface area contributed by atoms with Gasteiger partial charge >= 0.3 is 6.18 Å². The van der Waals surface area contributed by atoms with Gasteiger partial charge in [-0.2, -0.15) is 18.3 Å². The SMILES string of the molecule is COc1ccccc1Oc1cc(NC(=O)c2cc3nc(C(C)(C)C)cc(C(F)(F)F)n3n2)cc([N+](=O)[O-])c1. The van der Waals surface area contributed by atoms with Crippen molar-refractivity contribution >= 4 is 22.9 Å². The van der Waals surface area contributed by atoms with E-state index < -0.39 is 33.8 Å². The number of methoxy groups -OCH3 is 1. The Hall–Kier alpha value is -4.68. The van der Waals surface area contributed by atoms with Crippen molar-refractivity contribution in [3.63, 3.8) is 0 Å². The lowest BCUT2D eigenvalue weighted by atomic mass is 9.91. The van der Waals surface area contributed by atoms with Gasteiger partial charge in [0.2, 0.25) is 0 Å². The fourth-order valence-corrected chi connectivity index (χ4v) is 3.52. The molecule has 0 unspecified atom stereocenters. The number of rotatable bonds is 6. The number of alkyl halides is 3. The number of nitrogens with one attached hydrogen (secondary N) is 1. The van der Waals surface area contributed by atoms with E-state index in [1.54, 1.807) is 45.0 Å². The maximum absolute atomic E-state index is 13.8. The molecular weight excluding hydrogens is 507 g/mol. The fourth-order valence-electron chi connectivity index (χ4n) is 3.52. The number of fused-ring (bicyclic) bond motifs is 1. The molecule has 0 aliphatic rings. The van der Waals surface area contributed by atoms with E-state index >= 15 is 0 Å². The van der Waals surface area contributed by atoms with Crippen molar-refractivity contribution in [1.29, 1.82) is 0 Å². The van der Waals surface area contributed by atoms with Crippen molar-refractivity contribution < 1.29 is 32.4 Å². The van der Waals surface area contributed by atoms with Crippen molar-refractivity contribution in [2.24, 2.45) is 0 Å². The molecule has 2 aromatic heterocycles. The van der Waals surface area contributed by atoms with Crippen LogP contribution in [-0.2, 0) is 11.6 Å². The first-order valence-corrected chi connectivity index (χ1v) is 11.2. The smallest absolute Gasteiger partial charge is 0.433 e. The number of amides is 1. The lowest BCUT2D eigenvalue weighted by Gasteiger charge is -2.19. The van der Waals surface area contributed by atoms with Crippen LogP contribution in [0, 0.1) is 10.1 Å². The number of anilines is 1. The molecule has 4 rings (SSSR count). The molecule has 0 radical (unpaired) electrons. The summed E-state index contributed by atoms with van der Waals surface area (Å²) in [7, 11) is 1.43. The number of nitro benzene ring substituents is 1. The molecule has 10 nitrogen and oxygen atoms in total. The molecule has 1 amide bonds. The molecule has 0 atom stereocenters. The van der Waals surface area contributed by atoms with Crippen LogP contribution < -0.4 is 14.8 Å². The van der Waals surface area contributed by atoms with Gasteiger partial charge in [-0.25, -0.2) is 9.50 Å². The van der Waals surface area contributed by atoms with Gasteiger partial charge in [-0.1, -0.05) is 32.9 Å². The van der Waals surface area contributed by atoms with Crippen LogP contribution in [0.25, 0.3) is 5.65 Å². The highest BCUT2D eigenvalue weighted by atomic mass is 19.4. The Bertz CT molecular complexity index is 1540. The number of nitrogens with zero attached hydrogens (tertiary/aromatic N) is 4. The van der Waals surface area contributed by atoms with Crippen molar-refractivity contribution in [1.82, 2.24) is 14.6 Å². The highest BCUT2D eigenvalue weighted by Crippen LogP contribution is 2.35. The van der Waals surface area contributed by atoms with Gasteiger partial charge in [0.1, 0.15) is 11.4 Å². The monoisotopic (exact) mass is 529 g/mol. The third-order valence-electron chi connectivity index (χ3n) is 5.38. The van der Waals surface area contributed by atoms with E-state index in [4.69, 9.17) is 9.47 Å². The molecule has 0 aliphatic carbocycles. The van der Waals surface area contributed by atoms with Crippen LogP contribution in [0.2, 0.25) is 0 Å². The molecule has 13 heteroatoms. The van der Waals surface area contributed by atoms with Crippen molar-refractivity contribution in [2.45, 2.75) is 32.4 Å². The molecule has 0 saturated carbocycles. The van der Waals surface area contributed by atoms with Crippen LogP contribution in [0.15, 0.2) is 54.6 Å². The molecule has 4 aromatic rings. The van der Waals surface area contributed by atoms with Gasteiger partial charge in [-0.15, -0.1) is 0 Å². The maximum Gasteiger partial charge on any atom is 0.433 e. The van der Waals surface area contributed by atoms with Gasteiger partial charge in [-0.05, 0) is 18.2 Å². The minimum Gasteiger partial charge on any atom is -0.493 e. The van der Waals surface area contributed by atoms with Gasteiger partial charge in [0.15, 0.2) is 22.8 Å². The number of carbonyl (C=O) groups excluding carboxylic acids is 1. The molecule has 38 heavy (non-hydrogen) atoms. The summed E-state index contributed by atoms with van der Waals surface area (Å²) < 4.78 is 52.8. The highest BCUT2D eigenvalue weighted by molar-refractivity contribution is 6.03. The molecular formula is C25H22F3N5O5. The number of halogens is 3. The summed E-state index contributed by atoms with van der Waals surface area (Å²) in [6, 6.07) is 12.2. The zero-order valence-electron chi connectivity index (χ0n) is 20.7. The minimum atomic E-state index is -4.76. The van der Waals surface area contributed by atoms with Gasteiger partial charge in [0.05, 0.1) is 29.5 Å². The molecule has 0 aliphatic heterocycles. The lowest BCUT2D eigenvalue weighted by Crippen LogP contribution is -2.20. The minimum absolute atomic E-state index is 0.0184. The Kier molecular flexibility index (Phi) is 6.70. The second-order valence-corrected chi connectivity index (χ2v) is 9.25. The number of nitro groups is 1. The quantitative estimate of drug-likeness (QED) is 0.240. The van der Waals surface area contributed by atoms with Crippen LogP contribution in [0.4, 0.5) is 24.5 Å². The van der Waals surface area contributed by atoms with Crippen molar-refractivity contribution in [3.8, 4) is 17.2 Å². The molecule has 2 aromatic carbocycles. The van der Waals surface area contributed by atoms with Gasteiger partial charge in [-0.3, -0.25) is 14.9 Å². The summed E-state index contributed by atoms with van der Waals surface area (Å²) in [4.78, 5) is 28.0. The molecule has 0 fully saturated rings. The lowest BCUT2D eigenvalue weighted by molar-refractivity contribution is -0.384. The van der Waals surface area contributed by atoms with Crippen LogP contribution in [0.3, 0.4) is 0 Å². The third-order valence-corrected chi connectivity index (χ3v) is 5.38. The summed E-state index contributed by atoms with van der Waals surface area (Å²) in [5, 5.41) is 17.7. The number of non-ortho nitro benzene ring substituents is 1. The molecule has 0 bridgehead atoms. The molecule has 0 spiro atoms. The second kappa shape index (κ2) is 9.65. The second-order valence-electron chi connectivity index (χ2n) is 9.25. The number of ether oxygens (including phenoxy) is 2. The van der Waals surface area contributed by atoms with E-state index in [-0.39, 0.29) is 34.2 Å². The summed E-state index contributed by atoms with van der Waals surface area (Å²) in [6.07, 6.45) is -4.76. The Morgan fingerprint density at radius 2 is 1.74 bits per heavy atom. The van der Waals surface area contributed by atoms with E-state index in [9.17, 15) is 28.1 Å². The number of carbonyl (C=O) groups is 1. The Morgan fingerprint density at radius 1 is 1.05 bits per heavy atom. The highest BCUT2D eigenvalue weighted by Gasteiger charge is 2.36. The van der Waals surface area contributed by atoms with E-state index in [1.165, 1.54) is 13.2 Å². The largest absolute Gasteiger partial charge is 0.493 e. The van der Waals surface area contributed by atoms with E-state index in [1.807, 2.05) is 0 Å². The van der Waals surface area contributed by atoms with E-state index in [0.717, 1.165) is 24.3 Å². The third kappa shape index (κ3) is 5.51. The predicted octanol–water partition coefficient (Wildman–Crippen LogP) is 6.01. The number of hydrogen-bond donors (Lipinski definition) is 1.